The van der Waals surface area contributed by atoms with Crippen molar-refractivity contribution in [1.82, 2.24) is 24.1 Å². The number of aromatic nitrogens is 3. The van der Waals surface area contributed by atoms with Gasteiger partial charge >= 0.3 is 0 Å². The highest BCUT2D eigenvalue weighted by Gasteiger charge is 2.32. The van der Waals surface area contributed by atoms with Gasteiger partial charge in [-0.15, -0.1) is 5.10 Å². The summed E-state index contributed by atoms with van der Waals surface area (Å²) in [6.07, 6.45) is 1.87. The summed E-state index contributed by atoms with van der Waals surface area (Å²) in [4.78, 5) is 16.5. The molecule has 3 aromatic rings. The monoisotopic (exact) mass is 435 g/mol. The standard InChI is InChI=1S/C24H29N5OS/c1-17-7-11-19(12-8-17)22-25-28(16-27-15-5-6-21(27)23(30)26(3)4)24(31)29(22)20-13-9-18(2)10-14-20/h7-14,21H,5-6,15-16H2,1-4H3. The first-order chi connectivity index (χ1) is 14.8. The van der Waals surface area contributed by atoms with Gasteiger partial charge in [0, 0.05) is 31.9 Å². The highest BCUT2D eigenvalue weighted by Crippen LogP contribution is 2.25. The highest BCUT2D eigenvalue weighted by atomic mass is 32.1. The molecule has 1 aromatic heterocycles. The van der Waals surface area contributed by atoms with Gasteiger partial charge in [0.1, 0.15) is 0 Å². The molecule has 2 heterocycles. The van der Waals surface area contributed by atoms with Gasteiger partial charge in [-0.3, -0.25) is 14.3 Å². The molecule has 7 heteroatoms. The van der Waals surface area contributed by atoms with Crippen LogP contribution in [-0.2, 0) is 11.5 Å². The minimum absolute atomic E-state index is 0.121. The predicted molar refractivity (Wildman–Crippen MR) is 126 cm³/mol. The van der Waals surface area contributed by atoms with Crippen LogP contribution in [0, 0.1) is 18.6 Å². The normalized spacial score (nSPS) is 16.6. The molecule has 0 aliphatic carbocycles. The van der Waals surface area contributed by atoms with Crippen molar-refractivity contribution in [1.29, 1.82) is 0 Å². The fourth-order valence-corrected chi connectivity index (χ4v) is 4.35. The van der Waals surface area contributed by atoms with E-state index >= 15 is 0 Å². The topological polar surface area (TPSA) is 46.3 Å². The summed E-state index contributed by atoms with van der Waals surface area (Å²) in [5, 5.41) is 4.92. The van der Waals surface area contributed by atoms with Crippen molar-refractivity contribution in [2.45, 2.75) is 39.4 Å². The van der Waals surface area contributed by atoms with Gasteiger partial charge in [-0.05, 0) is 51.0 Å². The highest BCUT2D eigenvalue weighted by molar-refractivity contribution is 7.71. The molecular formula is C24H29N5OS. The van der Waals surface area contributed by atoms with Crippen LogP contribution in [0.4, 0.5) is 0 Å². The quantitative estimate of drug-likeness (QED) is 0.564. The zero-order valence-corrected chi connectivity index (χ0v) is 19.4. The van der Waals surface area contributed by atoms with Crippen molar-refractivity contribution in [3.8, 4) is 17.1 Å². The number of likely N-dealkylation sites (tertiary alicyclic amines) is 1. The van der Waals surface area contributed by atoms with Crippen LogP contribution in [0.3, 0.4) is 0 Å². The van der Waals surface area contributed by atoms with E-state index < -0.39 is 0 Å². The van der Waals surface area contributed by atoms with E-state index in [1.54, 1.807) is 4.90 Å². The van der Waals surface area contributed by atoms with E-state index in [0.29, 0.717) is 11.4 Å². The third-order valence-electron chi connectivity index (χ3n) is 5.85. The van der Waals surface area contributed by atoms with Crippen LogP contribution in [0.25, 0.3) is 17.1 Å². The van der Waals surface area contributed by atoms with Crippen molar-refractivity contribution in [3.63, 3.8) is 0 Å². The SMILES string of the molecule is Cc1ccc(-c2nn(CN3CCCC3C(=O)N(C)C)c(=S)n2-c2ccc(C)cc2)cc1. The number of aryl methyl sites for hydroxylation is 2. The van der Waals surface area contributed by atoms with Crippen LogP contribution in [-0.4, -0.2) is 56.7 Å². The second-order valence-electron chi connectivity index (χ2n) is 8.49. The van der Waals surface area contributed by atoms with E-state index in [-0.39, 0.29) is 11.9 Å². The van der Waals surface area contributed by atoms with Crippen molar-refractivity contribution >= 4 is 18.1 Å². The minimum Gasteiger partial charge on any atom is -0.347 e. The van der Waals surface area contributed by atoms with Crippen LogP contribution in [0.5, 0.6) is 0 Å². The van der Waals surface area contributed by atoms with Crippen molar-refractivity contribution in [2.24, 2.45) is 0 Å². The molecule has 1 fully saturated rings. The summed E-state index contributed by atoms with van der Waals surface area (Å²) in [5.74, 6) is 0.948. The second-order valence-corrected chi connectivity index (χ2v) is 8.85. The summed E-state index contributed by atoms with van der Waals surface area (Å²) in [6.45, 7) is 5.51. The molecule has 1 aliphatic rings. The molecule has 31 heavy (non-hydrogen) atoms. The van der Waals surface area contributed by atoms with Gasteiger partial charge in [-0.1, -0.05) is 47.5 Å². The maximum absolute atomic E-state index is 12.6. The fourth-order valence-electron chi connectivity index (χ4n) is 4.06. The van der Waals surface area contributed by atoms with Crippen LogP contribution < -0.4 is 0 Å². The van der Waals surface area contributed by atoms with E-state index in [1.807, 2.05) is 23.3 Å². The number of carbonyl (C=O) groups is 1. The number of nitrogens with zero attached hydrogens (tertiary/aromatic N) is 5. The lowest BCUT2D eigenvalue weighted by Crippen LogP contribution is -2.43. The third-order valence-corrected chi connectivity index (χ3v) is 6.24. The number of hydrogen-bond donors (Lipinski definition) is 0. The van der Waals surface area contributed by atoms with E-state index in [1.165, 1.54) is 11.1 Å². The van der Waals surface area contributed by atoms with Crippen LogP contribution in [0.2, 0.25) is 0 Å². The largest absolute Gasteiger partial charge is 0.347 e. The summed E-state index contributed by atoms with van der Waals surface area (Å²) >= 11 is 5.89. The van der Waals surface area contributed by atoms with Crippen LogP contribution >= 0.6 is 12.2 Å². The Bertz CT molecular complexity index is 1130. The maximum Gasteiger partial charge on any atom is 0.239 e. The van der Waals surface area contributed by atoms with Gasteiger partial charge in [-0.2, -0.15) is 0 Å². The Labute approximate surface area is 188 Å². The van der Waals surface area contributed by atoms with E-state index in [9.17, 15) is 4.79 Å². The van der Waals surface area contributed by atoms with Crippen LogP contribution in [0.15, 0.2) is 48.5 Å². The number of carbonyl (C=O) groups excluding carboxylic acids is 1. The molecule has 1 saturated heterocycles. The lowest BCUT2D eigenvalue weighted by molar-refractivity contribution is -0.134. The number of amides is 1. The fraction of sp³-hybridized carbons (Fsp3) is 0.375. The van der Waals surface area contributed by atoms with Gasteiger partial charge in [0.2, 0.25) is 10.7 Å². The van der Waals surface area contributed by atoms with Gasteiger partial charge in [0.15, 0.2) is 5.82 Å². The maximum atomic E-state index is 12.6. The first kappa shape index (κ1) is 21.5. The van der Waals surface area contributed by atoms with Crippen molar-refractivity contribution < 1.29 is 4.79 Å². The zero-order valence-electron chi connectivity index (χ0n) is 18.6. The van der Waals surface area contributed by atoms with E-state index in [2.05, 4.69) is 67.3 Å². The molecule has 1 atom stereocenters. The van der Waals surface area contributed by atoms with Gasteiger partial charge in [-0.25, -0.2) is 4.68 Å². The molecule has 1 amide bonds. The average molecular weight is 436 g/mol. The molecule has 1 aliphatic heterocycles. The van der Waals surface area contributed by atoms with Crippen molar-refractivity contribution in [3.05, 3.63) is 64.4 Å². The second kappa shape index (κ2) is 8.77. The lowest BCUT2D eigenvalue weighted by Gasteiger charge is -2.25. The number of likely N-dealkylation sites (N-methyl/N-ethyl adjacent to an activating group) is 1. The molecule has 1 unspecified atom stereocenters. The summed E-state index contributed by atoms with van der Waals surface area (Å²) in [7, 11) is 3.62. The van der Waals surface area contributed by atoms with Crippen LogP contribution in [0.1, 0.15) is 24.0 Å². The average Bonchev–Trinajstić information content (AvgIpc) is 3.34. The summed E-state index contributed by atoms with van der Waals surface area (Å²) in [5.41, 5.74) is 4.39. The molecular weight excluding hydrogens is 406 g/mol. The van der Waals surface area contributed by atoms with Gasteiger partial charge in [0.25, 0.3) is 0 Å². The Balaban J connectivity index is 1.76. The Morgan fingerprint density at radius 1 is 1.06 bits per heavy atom. The molecule has 162 valence electrons. The molecule has 0 radical (unpaired) electrons. The van der Waals surface area contributed by atoms with Gasteiger partial charge < -0.3 is 4.90 Å². The Morgan fingerprint density at radius 2 is 1.68 bits per heavy atom. The first-order valence-electron chi connectivity index (χ1n) is 10.6. The Morgan fingerprint density at radius 3 is 2.29 bits per heavy atom. The number of benzene rings is 2. The lowest BCUT2D eigenvalue weighted by atomic mass is 10.1. The molecule has 6 nitrogen and oxygen atoms in total. The van der Waals surface area contributed by atoms with E-state index in [0.717, 1.165) is 36.5 Å². The molecule has 0 N–H and O–H groups in total. The molecule has 0 bridgehead atoms. The summed E-state index contributed by atoms with van der Waals surface area (Å²) < 4.78 is 4.51. The zero-order chi connectivity index (χ0) is 22.1. The smallest absolute Gasteiger partial charge is 0.239 e. The first-order valence-corrected chi connectivity index (χ1v) is 11.0. The summed E-state index contributed by atoms with van der Waals surface area (Å²) in [6, 6.07) is 16.5. The number of hydrogen-bond acceptors (Lipinski definition) is 4. The molecule has 4 rings (SSSR count). The number of rotatable bonds is 5. The minimum atomic E-state index is -0.121. The van der Waals surface area contributed by atoms with Gasteiger partial charge in [0.05, 0.1) is 12.7 Å². The molecule has 0 saturated carbocycles. The van der Waals surface area contributed by atoms with Crippen molar-refractivity contribution in [2.75, 3.05) is 20.6 Å². The third kappa shape index (κ3) is 4.34. The Kier molecular flexibility index (Phi) is 6.07. The Hall–Kier alpha value is -2.77. The predicted octanol–water partition coefficient (Wildman–Crippen LogP) is 4.20. The molecule has 2 aromatic carbocycles. The molecule has 0 spiro atoms. The van der Waals surface area contributed by atoms with E-state index in [4.69, 9.17) is 17.3 Å².